The predicted octanol–water partition coefficient (Wildman–Crippen LogP) is 5.39. The number of sulfonamides is 1. The number of nitrogens with one attached hydrogen (secondary N) is 1. The van der Waals surface area contributed by atoms with Crippen LogP contribution in [-0.4, -0.2) is 51.9 Å². The predicted molar refractivity (Wildman–Crippen MR) is 141 cm³/mol. The quantitative estimate of drug-likeness (QED) is 0.345. The SMILES string of the molecule is CS(=O)(=O)Nc1ccccc1OC/C=C/CN1CCC(OC(c2ccsc2)c2ccsc2)CC1. The third-order valence-electron chi connectivity index (χ3n) is 5.60. The van der Waals surface area contributed by atoms with Crippen molar-refractivity contribution < 1.29 is 17.9 Å². The summed E-state index contributed by atoms with van der Waals surface area (Å²) in [7, 11) is -3.35. The number of benzene rings is 1. The van der Waals surface area contributed by atoms with Crippen LogP contribution in [0.2, 0.25) is 0 Å². The first-order chi connectivity index (χ1) is 16.5. The Labute approximate surface area is 209 Å². The van der Waals surface area contributed by atoms with Crippen LogP contribution in [0.5, 0.6) is 5.75 Å². The fourth-order valence-corrected chi connectivity index (χ4v) is 5.84. The summed E-state index contributed by atoms with van der Waals surface area (Å²) in [6.07, 6.45) is 7.51. The first-order valence-corrected chi connectivity index (χ1v) is 15.0. The maximum absolute atomic E-state index is 11.5. The number of para-hydroxylation sites is 2. The van der Waals surface area contributed by atoms with Crippen LogP contribution >= 0.6 is 22.7 Å². The molecule has 3 aromatic rings. The van der Waals surface area contributed by atoms with Crippen LogP contribution in [-0.2, 0) is 14.8 Å². The molecule has 1 fully saturated rings. The van der Waals surface area contributed by atoms with Crippen LogP contribution in [0.15, 0.2) is 70.1 Å². The molecule has 0 amide bonds. The Balaban J connectivity index is 1.21. The van der Waals surface area contributed by atoms with Gasteiger partial charge in [0.2, 0.25) is 10.0 Å². The van der Waals surface area contributed by atoms with Crippen molar-refractivity contribution in [3.05, 3.63) is 81.2 Å². The van der Waals surface area contributed by atoms with Crippen LogP contribution in [0.3, 0.4) is 0 Å². The smallest absolute Gasteiger partial charge is 0.229 e. The number of rotatable bonds is 11. The normalized spacial score (nSPS) is 15.8. The van der Waals surface area contributed by atoms with Gasteiger partial charge in [0.1, 0.15) is 18.5 Å². The molecule has 182 valence electrons. The molecule has 1 aliphatic heterocycles. The molecule has 0 bridgehead atoms. The second-order valence-electron chi connectivity index (χ2n) is 8.28. The highest BCUT2D eigenvalue weighted by Gasteiger charge is 2.24. The number of anilines is 1. The molecule has 1 N–H and O–H groups in total. The number of piperidine rings is 1. The standard InChI is InChI=1S/C25H30N2O4S3/c1-34(28,29)26-23-6-2-3-7-24(23)30-15-5-4-12-27-13-8-22(9-14-27)31-25(20-10-16-32-18-20)21-11-17-33-19-21/h2-7,10-11,16-19,22,25-26H,8-9,12-15H2,1H3/b5-4+. The maximum atomic E-state index is 11.5. The van der Waals surface area contributed by atoms with Gasteiger partial charge in [0, 0.05) is 19.6 Å². The summed E-state index contributed by atoms with van der Waals surface area (Å²) in [4.78, 5) is 2.42. The van der Waals surface area contributed by atoms with Gasteiger partial charge >= 0.3 is 0 Å². The van der Waals surface area contributed by atoms with Gasteiger partial charge in [-0.2, -0.15) is 22.7 Å². The fourth-order valence-electron chi connectivity index (χ4n) is 3.92. The largest absolute Gasteiger partial charge is 0.487 e. The summed E-state index contributed by atoms with van der Waals surface area (Å²) >= 11 is 3.42. The van der Waals surface area contributed by atoms with Gasteiger partial charge in [-0.25, -0.2) is 8.42 Å². The summed E-state index contributed by atoms with van der Waals surface area (Å²) in [6, 6.07) is 11.3. The molecule has 0 saturated carbocycles. The molecule has 9 heteroatoms. The number of ether oxygens (including phenoxy) is 2. The highest BCUT2D eigenvalue weighted by atomic mass is 32.2. The zero-order valence-corrected chi connectivity index (χ0v) is 21.6. The Hall–Kier alpha value is -2.17. The van der Waals surface area contributed by atoms with Gasteiger partial charge in [-0.05, 0) is 69.8 Å². The van der Waals surface area contributed by atoms with Crippen molar-refractivity contribution in [3.63, 3.8) is 0 Å². The number of hydrogen-bond acceptors (Lipinski definition) is 7. The first kappa shape index (κ1) is 24.9. The van der Waals surface area contributed by atoms with E-state index in [2.05, 4.69) is 49.4 Å². The second-order valence-corrected chi connectivity index (χ2v) is 11.6. The minimum atomic E-state index is -3.35. The van der Waals surface area contributed by atoms with Crippen molar-refractivity contribution in [1.29, 1.82) is 0 Å². The van der Waals surface area contributed by atoms with E-state index in [1.807, 2.05) is 12.1 Å². The van der Waals surface area contributed by atoms with E-state index in [0.717, 1.165) is 38.7 Å². The van der Waals surface area contributed by atoms with Crippen LogP contribution in [0, 0.1) is 0 Å². The Bertz CT molecular complexity index is 1100. The molecule has 1 aromatic carbocycles. The molecule has 0 aliphatic carbocycles. The minimum Gasteiger partial charge on any atom is -0.487 e. The summed E-state index contributed by atoms with van der Waals surface area (Å²) in [5, 5.41) is 8.58. The monoisotopic (exact) mass is 518 g/mol. The summed E-state index contributed by atoms with van der Waals surface area (Å²) in [6.45, 7) is 3.23. The summed E-state index contributed by atoms with van der Waals surface area (Å²) in [5.74, 6) is 0.515. The van der Waals surface area contributed by atoms with E-state index in [-0.39, 0.29) is 12.2 Å². The minimum absolute atomic E-state index is 0.0196. The van der Waals surface area contributed by atoms with Crippen molar-refractivity contribution in [2.24, 2.45) is 0 Å². The van der Waals surface area contributed by atoms with Crippen molar-refractivity contribution in [2.45, 2.75) is 25.0 Å². The molecule has 34 heavy (non-hydrogen) atoms. The number of hydrogen-bond donors (Lipinski definition) is 1. The molecule has 6 nitrogen and oxygen atoms in total. The van der Waals surface area contributed by atoms with Gasteiger partial charge in [0.25, 0.3) is 0 Å². The van der Waals surface area contributed by atoms with Crippen molar-refractivity contribution in [3.8, 4) is 5.75 Å². The molecule has 2 aromatic heterocycles. The van der Waals surface area contributed by atoms with Crippen molar-refractivity contribution >= 4 is 38.4 Å². The number of nitrogens with zero attached hydrogens (tertiary/aromatic N) is 1. The zero-order chi connectivity index (χ0) is 23.8. The van der Waals surface area contributed by atoms with Gasteiger partial charge in [-0.1, -0.05) is 24.3 Å². The van der Waals surface area contributed by atoms with E-state index in [0.29, 0.717) is 18.0 Å². The maximum Gasteiger partial charge on any atom is 0.229 e. The Morgan fingerprint density at radius 3 is 2.35 bits per heavy atom. The third kappa shape index (κ3) is 7.41. The number of thiophene rings is 2. The zero-order valence-electron chi connectivity index (χ0n) is 19.1. The fraction of sp³-hybridized carbons (Fsp3) is 0.360. The highest BCUT2D eigenvalue weighted by Crippen LogP contribution is 2.32. The second kappa shape index (κ2) is 12.0. The lowest BCUT2D eigenvalue weighted by atomic mass is 10.0. The lowest BCUT2D eigenvalue weighted by molar-refractivity contribution is -0.0250. The summed E-state index contributed by atoms with van der Waals surface area (Å²) in [5.41, 5.74) is 2.92. The van der Waals surface area contributed by atoms with Gasteiger partial charge < -0.3 is 9.47 Å². The van der Waals surface area contributed by atoms with Crippen LogP contribution in [0.4, 0.5) is 5.69 Å². The van der Waals surface area contributed by atoms with Gasteiger partial charge in [0.05, 0.1) is 18.0 Å². The van der Waals surface area contributed by atoms with E-state index in [1.165, 1.54) is 11.1 Å². The van der Waals surface area contributed by atoms with Gasteiger partial charge in [0.15, 0.2) is 0 Å². The average molecular weight is 519 g/mol. The molecular formula is C25H30N2O4S3. The lowest BCUT2D eigenvalue weighted by Gasteiger charge is -2.33. The average Bonchev–Trinajstić information content (AvgIpc) is 3.53. The molecule has 0 radical (unpaired) electrons. The number of likely N-dealkylation sites (tertiary alicyclic amines) is 1. The van der Waals surface area contributed by atoms with E-state index in [1.54, 1.807) is 40.9 Å². The van der Waals surface area contributed by atoms with Gasteiger partial charge in [-0.15, -0.1) is 0 Å². The van der Waals surface area contributed by atoms with E-state index in [9.17, 15) is 8.42 Å². The highest BCUT2D eigenvalue weighted by molar-refractivity contribution is 7.92. The molecule has 4 rings (SSSR count). The third-order valence-corrected chi connectivity index (χ3v) is 7.60. The first-order valence-electron chi connectivity index (χ1n) is 11.2. The Morgan fingerprint density at radius 2 is 1.74 bits per heavy atom. The van der Waals surface area contributed by atoms with Crippen molar-refractivity contribution in [2.75, 3.05) is 37.2 Å². The van der Waals surface area contributed by atoms with E-state index in [4.69, 9.17) is 9.47 Å². The molecule has 1 saturated heterocycles. The topological polar surface area (TPSA) is 67.9 Å². The molecule has 0 unspecified atom stereocenters. The van der Waals surface area contributed by atoms with Gasteiger partial charge in [-0.3, -0.25) is 9.62 Å². The Morgan fingerprint density at radius 1 is 1.06 bits per heavy atom. The lowest BCUT2D eigenvalue weighted by Crippen LogP contribution is -2.37. The van der Waals surface area contributed by atoms with E-state index < -0.39 is 10.0 Å². The molecule has 0 spiro atoms. The van der Waals surface area contributed by atoms with E-state index >= 15 is 0 Å². The molecule has 1 aliphatic rings. The van der Waals surface area contributed by atoms with Crippen LogP contribution in [0.1, 0.15) is 30.1 Å². The summed E-state index contributed by atoms with van der Waals surface area (Å²) < 4.78 is 37.8. The van der Waals surface area contributed by atoms with Crippen LogP contribution < -0.4 is 9.46 Å². The van der Waals surface area contributed by atoms with Crippen LogP contribution in [0.25, 0.3) is 0 Å². The Kier molecular flexibility index (Phi) is 8.80. The molecule has 0 atom stereocenters. The molecular weight excluding hydrogens is 488 g/mol. The molecule has 3 heterocycles. The van der Waals surface area contributed by atoms with Crippen molar-refractivity contribution in [1.82, 2.24) is 4.90 Å².